The minimum atomic E-state index is -0.347. The summed E-state index contributed by atoms with van der Waals surface area (Å²) in [5.74, 6) is 0.224. The van der Waals surface area contributed by atoms with Crippen LogP contribution in [0.2, 0.25) is 5.02 Å². The maximum atomic E-state index is 15.0. The first-order valence-electron chi connectivity index (χ1n) is 9.80. The molecule has 0 spiro atoms. The number of carbonyl (C=O) groups is 1. The quantitative estimate of drug-likeness (QED) is 0.639. The zero-order valence-electron chi connectivity index (χ0n) is 16.1. The number of amides is 1. The molecule has 1 fully saturated rings. The summed E-state index contributed by atoms with van der Waals surface area (Å²) in [5, 5.41) is 11.9. The second kappa shape index (κ2) is 8.33. The summed E-state index contributed by atoms with van der Waals surface area (Å²) in [5.41, 5.74) is 2.09. The number of nitrogens with one attached hydrogen (secondary N) is 1. The fraction of sp³-hybridized carbons (Fsp3) is 0.318. The number of benzene rings is 2. The van der Waals surface area contributed by atoms with Gasteiger partial charge in [-0.3, -0.25) is 4.79 Å². The average Bonchev–Trinajstić information content (AvgIpc) is 3.37. The van der Waals surface area contributed by atoms with Gasteiger partial charge in [0.15, 0.2) is 5.82 Å². The number of rotatable bonds is 5. The molecule has 1 aliphatic carbocycles. The molecular weight excluding hydrogens is 391 g/mol. The molecule has 0 saturated heterocycles. The summed E-state index contributed by atoms with van der Waals surface area (Å²) in [7, 11) is 0. The highest BCUT2D eigenvalue weighted by atomic mass is 35.5. The van der Waals surface area contributed by atoms with E-state index in [1.807, 2.05) is 29.7 Å². The van der Waals surface area contributed by atoms with E-state index in [9.17, 15) is 9.18 Å². The summed E-state index contributed by atoms with van der Waals surface area (Å²) < 4.78 is 16.9. The normalized spacial score (nSPS) is 18.7. The molecule has 1 amide bonds. The van der Waals surface area contributed by atoms with Crippen molar-refractivity contribution in [3.05, 3.63) is 59.6 Å². The predicted molar refractivity (Wildman–Crippen MR) is 111 cm³/mol. The van der Waals surface area contributed by atoms with Gasteiger partial charge in [0.1, 0.15) is 12.1 Å². The minimum Gasteiger partial charge on any atom is -0.353 e. The van der Waals surface area contributed by atoms with Gasteiger partial charge in [0.25, 0.3) is 0 Å². The topological polar surface area (TPSA) is 59.8 Å². The average molecular weight is 413 g/mol. The first kappa shape index (κ1) is 19.6. The summed E-state index contributed by atoms with van der Waals surface area (Å²) in [4.78, 5) is 11.7. The van der Waals surface area contributed by atoms with E-state index in [0.717, 1.165) is 30.4 Å². The third kappa shape index (κ3) is 4.17. The van der Waals surface area contributed by atoms with Crippen molar-refractivity contribution in [2.45, 2.75) is 44.7 Å². The highest BCUT2D eigenvalue weighted by Gasteiger charge is 2.29. The number of aromatic nitrogens is 3. The van der Waals surface area contributed by atoms with E-state index in [1.54, 1.807) is 24.5 Å². The van der Waals surface area contributed by atoms with Crippen LogP contribution in [0.15, 0.2) is 48.8 Å². The Bertz CT molecular complexity index is 1020. The molecule has 5 nitrogen and oxygen atoms in total. The van der Waals surface area contributed by atoms with Crippen LogP contribution in [0.3, 0.4) is 0 Å². The first-order valence-corrected chi connectivity index (χ1v) is 10.2. The summed E-state index contributed by atoms with van der Waals surface area (Å²) in [6.45, 7) is 1.84. The van der Waals surface area contributed by atoms with Gasteiger partial charge in [-0.05, 0) is 54.7 Å². The Morgan fingerprint density at radius 2 is 1.97 bits per heavy atom. The zero-order chi connectivity index (χ0) is 20.4. The lowest BCUT2D eigenvalue weighted by molar-refractivity contribution is -0.121. The molecule has 29 heavy (non-hydrogen) atoms. The van der Waals surface area contributed by atoms with Gasteiger partial charge >= 0.3 is 0 Å². The standard InChI is InChI=1S/C22H22ClFN4O/c1-2-21(29)26-17-8-9-18(12-17)28-13-25-27-22(28)19-10-5-15(11-20(19)24)14-3-6-16(23)7-4-14/h3-7,10-11,13,17-18H,2,8-9,12H2,1H3,(H,26,29)/t17-,18+/m0/s1. The van der Waals surface area contributed by atoms with Crippen molar-refractivity contribution >= 4 is 17.5 Å². The summed E-state index contributed by atoms with van der Waals surface area (Å²) in [6.07, 6.45) is 4.71. The largest absolute Gasteiger partial charge is 0.353 e. The van der Waals surface area contributed by atoms with Crippen molar-refractivity contribution in [1.29, 1.82) is 0 Å². The summed E-state index contributed by atoms with van der Waals surface area (Å²) in [6, 6.07) is 12.7. The van der Waals surface area contributed by atoms with Crippen LogP contribution in [0.5, 0.6) is 0 Å². The molecule has 2 aromatic carbocycles. The van der Waals surface area contributed by atoms with Gasteiger partial charge in [-0.15, -0.1) is 10.2 Å². The highest BCUT2D eigenvalue weighted by Crippen LogP contribution is 2.34. The molecule has 2 atom stereocenters. The van der Waals surface area contributed by atoms with E-state index in [2.05, 4.69) is 15.5 Å². The smallest absolute Gasteiger partial charge is 0.219 e. The summed E-state index contributed by atoms with van der Waals surface area (Å²) >= 11 is 5.93. The molecule has 3 aromatic rings. The van der Waals surface area contributed by atoms with Gasteiger partial charge in [-0.1, -0.05) is 36.7 Å². The maximum Gasteiger partial charge on any atom is 0.219 e. The molecule has 1 aromatic heterocycles. The Labute approximate surface area is 173 Å². The number of halogens is 2. The number of nitrogens with zero attached hydrogens (tertiary/aromatic N) is 3. The molecule has 0 radical (unpaired) electrons. The van der Waals surface area contributed by atoms with Crippen molar-refractivity contribution in [2.75, 3.05) is 0 Å². The molecule has 1 N–H and O–H groups in total. The lowest BCUT2D eigenvalue weighted by Crippen LogP contribution is -2.32. The molecular formula is C22H22ClFN4O. The Hall–Kier alpha value is -2.73. The van der Waals surface area contributed by atoms with Crippen LogP contribution in [0.1, 0.15) is 38.6 Å². The molecule has 0 aliphatic heterocycles. The number of hydrogen-bond acceptors (Lipinski definition) is 3. The maximum absolute atomic E-state index is 15.0. The van der Waals surface area contributed by atoms with Gasteiger partial charge in [0.05, 0.1) is 5.56 Å². The van der Waals surface area contributed by atoms with Crippen LogP contribution in [0.4, 0.5) is 4.39 Å². The van der Waals surface area contributed by atoms with Crippen LogP contribution < -0.4 is 5.32 Å². The van der Waals surface area contributed by atoms with E-state index in [1.165, 1.54) is 6.07 Å². The van der Waals surface area contributed by atoms with E-state index >= 15 is 0 Å². The molecule has 4 rings (SSSR count). The van der Waals surface area contributed by atoms with E-state index < -0.39 is 0 Å². The first-order chi connectivity index (χ1) is 14.0. The van der Waals surface area contributed by atoms with E-state index in [-0.39, 0.29) is 23.8 Å². The molecule has 1 heterocycles. The fourth-order valence-corrected chi connectivity index (χ4v) is 4.02. The third-order valence-electron chi connectivity index (χ3n) is 5.45. The predicted octanol–water partition coefficient (Wildman–Crippen LogP) is 5.02. The van der Waals surface area contributed by atoms with Crippen molar-refractivity contribution < 1.29 is 9.18 Å². The lowest BCUT2D eigenvalue weighted by Gasteiger charge is -2.16. The molecule has 0 bridgehead atoms. The lowest BCUT2D eigenvalue weighted by atomic mass is 10.0. The Morgan fingerprint density at radius 3 is 2.69 bits per heavy atom. The zero-order valence-corrected chi connectivity index (χ0v) is 16.9. The molecule has 150 valence electrons. The minimum absolute atomic E-state index is 0.0588. The second-order valence-corrected chi connectivity index (χ2v) is 7.78. The SMILES string of the molecule is CCC(=O)N[C@H]1CC[C@@H](n2cnnc2-c2ccc(-c3ccc(Cl)cc3)cc2F)C1. The fourth-order valence-electron chi connectivity index (χ4n) is 3.89. The van der Waals surface area contributed by atoms with E-state index in [4.69, 9.17) is 11.6 Å². The Balaban J connectivity index is 1.57. The number of carbonyl (C=O) groups excluding carboxylic acids is 1. The van der Waals surface area contributed by atoms with Crippen LogP contribution in [-0.2, 0) is 4.79 Å². The number of hydrogen-bond donors (Lipinski definition) is 1. The van der Waals surface area contributed by atoms with Crippen molar-refractivity contribution in [1.82, 2.24) is 20.1 Å². The second-order valence-electron chi connectivity index (χ2n) is 7.35. The van der Waals surface area contributed by atoms with Crippen LogP contribution in [0, 0.1) is 5.82 Å². The van der Waals surface area contributed by atoms with Gasteiger partial charge in [-0.25, -0.2) is 4.39 Å². The highest BCUT2D eigenvalue weighted by molar-refractivity contribution is 6.30. The molecule has 0 unspecified atom stereocenters. The van der Waals surface area contributed by atoms with Gasteiger partial charge in [0, 0.05) is 23.5 Å². The van der Waals surface area contributed by atoms with Crippen LogP contribution >= 0.6 is 11.6 Å². The van der Waals surface area contributed by atoms with Crippen LogP contribution in [-0.4, -0.2) is 26.7 Å². The molecule has 1 aliphatic rings. The van der Waals surface area contributed by atoms with Crippen molar-refractivity contribution in [2.24, 2.45) is 0 Å². The van der Waals surface area contributed by atoms with Crippen molar-refractivity contribution in [3.8, 4) is 22.5 Å². The third-order valence-corrected chi connectivity index (χ3v) is 5.70. The van der Waals surface area contributed by atoms with Gasteiger partial charge in [-0.2, -0.15) is 0 Å². The Kier molecular flexibility index (Phi) is 5.62. The van der Waals surface area contributed by atoms with E-state index in [0.29, 0.717) is 22.8 Å². The van der Waals surface area contributed by atoms with Crippen molar-refractivity contribution in [3.63, 3.8) is 0 Å². The Morgan fingerprint density at radius 1 is 1.21 bits per heavy atom. The molecule has 7 heteroatoms. The van der Waals surface area contributed by atoms with Gasteiger partial charge in [0.2, 0.25) is 5.91 Å². The molecule has 1 saturated carbocycles. The van der Waals surface area contributed by atoms with Crippen LogP contribution in [0.25, 0.3) is 22.5 Å². The monoisotopic (exact) mass is 412 g/mol. The van der Waals surface area contributed by atoms with Gasteiger partial charge < -0.3 is 9.88 Å².